The summed E-state index contributed by atoms with van der Waals surface area (Å²) < 4.78 is 11.4. The lowest BCUT2D eigenvalue weighted by Crippen LogP contribution is -2.58. The maximum atomic E-state index is 12.5. The molecule has 0 bridgehead atoms. The second-order valence-electron chi connectivity index (χ2n) is 6.32. The van der Waals surface area contributed by atoms with Gasteiger partial charge in [-0.1, -0.05) is 6.07 Å². The Hall–Kier alpha value is -1.44. The molecule has 7 heteroatoms. The largest absolute Gasteiger partial charge is 0.347 e. The molecule has 4 heterocycles. The molecule has 6 nitrogen and oxygen atoms in total. The Kier molecular flexibility index (Phi) is 3.87. The van der Waals surface area contributed by atoms with Crippen LogP contribution in [0.15, 0.2) is 17.5 Å². The van der Waals surface area contributed by atoms with E-state index < -0.39 is 5.79 Å². The van der Waals surface area contributed by atoms with E-state index in [0.717, 1.165) is 17.7 Å². The smallest absolute Gasteiger partial charge is 0.263 e. The predicted molar refractivity (Wildman–Crippen MR) is 84.2 cm³/mol. The summed E-state index contributed by atoms with van der Waals surface area (Å²) in [5.74, 6) is -0.307. The summed E-state index contributed by atoms with van der Waals surface area (Å²) in [5.41, 5.74) is 0. The van der Waals surface area contributed by atoms with Gasteiger partial charge >= 0.3 is 0 Å². The number of hydrogen-bond acceptors (Lipinski definition) is 5. The van der Waals surface area contributed by atoms with Gasteiger partial charge in [0.15, 0.2) is 5.79 Å². The number of nitrogens with zero attached hydrogens (tertiary/aromatic N) is 2. The lowest BCUT2D eigenvalue weighted by molar-refractivity contribution is -0.189. The first-order chi connectivity index (χ1) is 11.2. The van der Waals surface area contributed by atoms with Gasteiger partial charge in [0.25, 0.3) is 5.91 Å². The van der Waals surface area contributed by atoms with E-state index >= 15 is 0 Å². The van der Waals surface area contributed by atoms with E-state index in [1.807, 2.05) is 22.4 Å². The molecule has 1 spiro atoms. The molecule has 1 aromatic heterocycles. The first kappa shape index (κ1) is 15.1. The molecule has 3 saturated heterocycles. The highest BCUT2D eigenvalue weighted by Gasteiger charge is 2.44. The van der Waals surface area contributed by atoms with E-state index in [1.54, 1.807) is 4.90 Å². The first-order valence-corrected chi connectivity index (χ1v) is 8.94. The van der Waals surface area contributed by atoms with Gasteiger partial charge in [0, 0.05) is 39.0 Å². The Morgan fingerprint density at radius 3 is 2.43 bits per heavy atom. The number of amides is 2. The quantitative estimate of drug-likeness (QED) is 0.814. The Balaban J connectivity index is 1.28. The van der Waals surface area contributed by atoms with Crippen molar-refractivity contribution in [2.75, 3.05) is 39.4 Å². The first-order valence-electron chi connectivity index (χ1n) is 8.06. The number of carbonyl (C=O) groups is 2. The molecular formula is C16H20N2O4S. The number of likely N-dealkylation sites (tertiary alicyclic amines) is 2. The zero-order valence-corrected chi connectivity index (χ0v) is 13.7. The lowest BCUT2D eigenvalue weighted by Gasteiger charge is -2.43. The van der Waals surface area contributed by atoms with E-state index in [4.69, 9.17) is 9.47 Å². The second kappa shape index (κ2) is 5.89. The molecule has 0 aliphatic carbocycles. The van der Waals surface area contributed by atoms with Crippen molar-refractivity contribution < 1.29 is 19.1 Å². The Morgan fingerprint density at radius 2 is 1.83 bits per heavy atom. The van der Waals surface area contributed by atoms with Crippen molar-refractivity contribution in [1.29, 1.82) is 0 Å². The summed E-state index contributed by atoms with van der Waals surface area (Å²) in [6.45, 7) is 3.71. The Morgan fingerprint density at radius 1 is 1.13 bits per heavy atom. The zero-order valence-electron chi connectivity index (χ0n) is 12.9. The maximum absolute atomic E-state index is 12.5. The van der Waals surface area contributed by atoms with Crippen LogP contribution in [0.3, 0.4) is 0 Å². The summed E-state index contributed by atoms with van der Waals surface area (Å²) in [6, 6.07) is 3.70. The highest BCUT2D eigenvalue weighted by Crippen LogP contribution is 2.32. The van der Waals surface area contributed by atoms with Crippen molar-refractivity contribution in [1.82, 2.24) is 9.80 Å². The lowest BCUT2D eigenvalue weighted by atomic mass is 9.95. The van der Waals surface area contributed by atoms with Gasteiger partial charge in [0.1, 0.15) is 0 Å². The summed E-state index contributed by atoms with van der Waals surface area (Å²) in [6.07, 6.45) is 1.48. The van der Waals surface area contributed by atoms with Gasteiger partial charge < -0.3 is 19.3 Å². The molecule has 3 aliphatic heterocycles. The monoisotopic (exact) mass is 336 g/mol. The van der Waals surface area contributed by atoms with Crippen LogP contribution in [0.1, 0.15) is 22.5 Å². The number of hydrogen-bond donors (Lipinski definition) is 0. The molecule has 0 radical (unpaired) electrons. The van der Waals surface area contributed by atoms with Gasteiger partial charge in [-0.15, -0.1) is 11.3 Å². The van der Waals surface area contributed by atoms with Crippen molar-refractivity contribution in [2.45, 2.75) is 18.6 Å². The van der Waals surface area contributed by atoms with Gasteiger partial charge in [0.05, 0.1) is 24.0 Å². The number of carbonyl (C=O) groups excluding carboxylic acids is 2. The molecule has 0 aromatic carbocycles. The van der Waals surface area contributed by atoms with Crippen LogP contribution in [-0.2, 0) is 14.3 Å². The molecular weight excluding hydrogens is 316 g/mol. The third-order valence-electron chi connectivity index (χ3n) is 4.90. The summed E-state index contributed by atoms with van der Waals surface area (Å²) in [4.78, 5) is 29.1. The molecule has 0 unspecified atom stereocenters. The van der Waals surface area contributed by atoms with E-state index in [1.165, 1.54) is 11.3 Å². The molecule has 2 amide bonds. The van der Waals surface area contributed by atoms with E-state index in [2.05, 4.69) is 0 Å². The van der Waals surface area contributed by atoms with Crippen molar-refractivity contribution in [3.63, 3.8) is 0 Å². The molecule has 124 valence electrons. The van der Waals surface area contributed by atoms with Crippen LogP contribution >= 0.6 is 11.3 Å². The highest BCUT2D eigenvalue weighted by atomic mass is 32.1. The fraction of sp³-hybridized carbons (Fsp3) is 0.625. The summed E-state index contributed by atoms with van der Waals surface area (Å²) >= 11 is 1.44. The van der Waals surface area contributed by atoms with E-state index in [9.17, 15) is 9.59 Å². The normalized spacial score (nSPS) is 24.0. The van der Waals surface area contributed by atoms with Crippen LogP contribution in [-0.4, -0.2) is 66.8 Å². The average molecular weight is 336 g/mol. The minimum atomic E-state index is -0.447. The Bertz CT molecular complexity index is 581. The minimum Gasteiger partial charge on any atom is -0.347 e. The summed E-state index contributed by atoms with van der Waals surface area (Å²) in [5, 5.41) is 1.90. The van der Waals surface area contributed by atoms with Gasteiger partial charge in [-0.3, -0.25) is 9.59 Å². The van der Waals surface area contributed by atoms with Crippen LogP contribution in [0.25, 0.3) is 0 Å². The minimum absolute atomic E-state index is 0.0365. The highest BCUT2D eigenvalue weighted by molar-refractivity contribution is 7.12. The van der Waals surface area contributed by atoms with Crippen LogP contribution in [0.4, 0.5) is 0 Å². The number of ether oxygens (including phenoxy) is 2. The third kappa shape index (κ3) is 2.77. The fourth-order valence-corrected chi connectivity index (χ4v) is 4.16. The van der Waals surface area contributed by atoms with Crippen molar-refractivity contribution in [2.24, 2.45) is 5.92 Å². The van der Waals surface area contributed by atoms with E-state index in [-0.39, 0.29) is 17.7 Å². The van der Waals surface area contributed by atoms with Gasteiger partial charge in [-0.25, -0.2) is 0 Å². The third-order valence-corrected chi connectivity index (χ3v) is 5.76. The summed E-state index contributed by atoms with van der Waals surface area (Å²) in [7, 11) is 0. The number of thiophene rings is 1. The van der Waals surface area contributed by atoms with Gasteiger partial charge in [0.2, 0.25) is 5.91 Å². The standard InChI is InChI=1S/C16H20N2O4S/c19-14(17-5-3-16(4-6-17)21-7-8-22-16)12-10-18(11-12)15(20)13-2-1-9-23-13/h1-2,9,12H,3-8,10-11H2. The fourth-order valence-electron chi connectivity index (χ4n) is 3.47. The number of rotatable bonds is 2. The SMILES string of the molecule is O=C(c1cccs1)N1CC(C(=O)N2CCC3(CC2)OCCO3)C1. The molecule has 3 fully saturated rings. The molecule has 0 N–H and O–H groups in total. The molecule has 3 aliphatic rings. The molecule has 23 heavy (non-hydrogen) atoms. The van der Waals surface area contributed by atoms with Crippen LogP contribution < -0.4 is 0 Å². The van der Waals surface area contributed by atoms with Crippen LogP contribution in [0.5, 0.6) is 0 Å². The molecule has 0 saturated carbocycles. The molecule has 1 aromatic rings. The molecule has 4 rings (SSSR count). The van der Waals surface area contributed by atoms with Crippen molar-refractivity contribution in [3.8, 4) is 0 Å². The van der Waals surface area contributed by atoms with Gasteiger partial charge in [-0.05, 0) is 11.4 Å². The zero-order chi connectivity index (χ0) is 15.9. The van der Waals surface area contributed by atoms with E-state index in [0.29, 0.717) is 39.4 Å². The van der Waals surface area contributed by atoms with Crippen LogP contribution in [0, 0.1) is 5.92 Å². The number of piperidine rings is 1. The topological polar surface area (TPSA) is 59.1 Å². The maximum Gasteiger partial charge on any atom is 0.263 e. The second-order valence-corrected chi connectivity index (χ2v) is 7.26. The van der Waals surface area contributed by atoms with Crippen molar-refractivity contribution in [3.05, 3.63) is 22.4 Å². The molecule has 0 atom stereocenters. The van der Waals surface area contributed by atoms with Gasteiger partial charge in [-0.2, -0.15) is 0 Å². The van der Waals surface area contributed by atoms with Crippen molar-refractivity contribution >= 4 is 23.2 Å². The average Bonchev–Trinajstić information content (AvgIpc) is 3.18. The Labute approximate surface area is 139 Å². The van der Waals surface area contributed by atoms with Crippen LogP contribution in [0.2, 0.25) is 0 Å². The predicted octanol–water partition coefficient (Wildman–Crippen LogP) is 1.19.